The second kappa shape index (κ2) is 6.74. The number of amides is 2. The molecule has 1 aliphatic rings. The number of aliphatic hydroxyl groups excluding tert-OH is 1. The average Bonchev–Trinajstić information content (AvgIpc) is 2.84. The van der Waals surface area contributed by atoms with Crippen molar-refractivity contribution in [3.05, 3.63) is 18.0 Å². The molecule has 2 N–H and O–H groups in total. The van der Waals surface area contributed by atoms with Crippen molar-refractivity contribution >= 4 is 6.03 Å². The molecular formula is C14H24N4O2. The van der Waals surface area contributed by atoms with Crippen molar-refractivity contribution in [2.24, 2.45) is 13.0 Å². The van der Waals surface area contributed by atoms with Gasteiger partial charge in [0, 0.05) is 32.8 Å². The largest absolute Gasteiger partial charge is 0.393 e. The maximum atomic E-state index is 12.0. The summed E-state index contributed by atoms with van der Waals surface area (Å²) in [5, 5.41) is 16.9. The lowest BCUT2D eigenvalue weighted by Crippen LogP contribution is -2.42. The molecule has 1 fully saturated rings. The quantitative estimate of drug-likeness (QED) is 0.868. The first-order chi connectivity index (χ1) is 9.58. The van der Waals surface area contributed by atoms with E-state index in [0.29, 0.717) is 13.1 Å². The molecule has 0 spiro atoms. The van der Waals surface area contributed by atoms with E-state index in [1.165, 1.54) is 0 Å². The second-order valence-corrected chi connectivity index (χ2v) is 5.60. The van der Waals surface area contributed by atoms with Crippen molar-refractivity contribution in [1.29, 1.82) is 0 Å². The summed E-state index contributed by atoms with van der Waals surface area (Å²) >= 11 is 0. The Labute approximate surface area is 119 Å². The Balaban J connectivity index is 1.78. The molecule has 6 nitrogen and oxygen atoms in total. The average molecular weight is 280 g/mol. The first-order valence-corrected chi connectivity index (χ1v) is 7.22. The molecule has 0 radical (unpaired) electrons. The molecule has 2 amide bonds. The monoisotopic (exact) mass is 280 g/mol. The molecule has 2 atom stereocenters. The molecule has 20 heavy (non-hydrogen) atoms. The summed E-state index contributed by atoms with van der Waals surface area (Å²) < 4.78 is 1.74. The lowest BCUT2D eigenvalue weighted by molar-refractivity contribution is 0.0564. The molecule has 1 aromatic rings. The van der Waals surface area contributed by atoms with Gasteiger partial charge >= 0.3 is 6.03 Å². The molecule has 1 saturated carbocycles. The van der Waals surface area contributed by atoms with E-state index in [1.54, 1.807) is 22.8 Å². The van der Waals surface area contributed by atoms with Gasteiger partial charge < -0.3 is 15.3 Å². The van der Waals surface area contributed by atoms with Gasteiger partial charge in [-0.2, -0.15) is 5.10 Å². The van der Waals surface area contributed by atoms with Crippen molar-refractivity contribution in [2.45, 2.75) is 38.3 Å². The maximum Gasteiger partial charge on any atom is 0.317 e. The molecule has 1 aromatic heterocycles. The molecule has 2 unspecified atom stereocenters. The molecule has 0 saturated heterocycles. The topological polar surface area (TPSA) is 70.4 Å². The fourth-order valence-corrected chi connectivity index (χ4v) is 2.71. The van der Waals surface area contributed by atoms with Gasteiger partial charge in [0.25, 0.3) is 0 Å². The van der Waals surface area contributed by atoms with E-state index in [9.17, 15) is 9.90 Å². The minimum absolute atomic E-state index is 0.107. The molecule has 1 aliphatic carbocycles. The molecule has 0 aromatic carbocycles. The lowest BCUT2D eigenvalue weighted by atomic mass is 9.86. The van der Waals surface area contributed by atoms with Crippen LogP contribution in [0.1, 0.15) is 31.4 Å². The van der Waals surface area contributed by atoms with Crippen LogP contribution in [0, 0.1) is 5.92 Å². The van der Waals surface area contributed by atoms with Crippen molar-refractivity contribution < 1.29 is 9.90 Å². The SMILES string of the molecule is CN(CC1CCCCC1O)C(=O)NCc1ccnn1C. The highest BCUT2D eigenvalue weighted by atomic mass is 16.3. The van der Waals surface area contributed by atoms with Gasteiger partial charge in [-0.15, -0.1) is 0 Å². The number of rotatable bonds is 4. The Bertz CT molecular complexity index is 446. The highest BCUT2D eigenvalue weighted by molar-refractivity contribution is 5.73. The minimum Gasteiger partial charge on any atom is -0.393 e. The molecule has 0 aliphatic heterocycles. The number of aromatic nitrogens is 2. The van der Waals surface area contributed by atoms with E-state index in [2.05, 4.69) is 10.4 Å². The molecule has 0 bridgehead atoms. The van der Waals surface area contributed by atoms with Crippen molar-refractivity contribution in [3.63, 3.8) is 0 Å². The van der Waals surface area contributed by atoms with Crippen LogP contribution in [0.2, 0.25) is 0 Å². The number of hydrogen-bond acceptors (Lipinski definition) is 3. The fraction of sp³-hybridized carbons (Fsp3) is 0.714. The molecular weight excluding hydrogens is 256 g/mol. The van der Waals surface area contributed by atoms with Gasteiger partial charge in [-0.3, -0.25) is 4.68 Å². The zero-order valence-electron chi connectivity index (χ0n) is 12.2. The Morgan fingerprint density at radius 1 is 1.55 bits per heavy atom. The van der Waals surface area contributed by atoms with E-state index >= 15 is 0 Å². The predicted octanol–water partition coefficient (Wildman–Crippen LogP) is 1.11. The van der Waals surface area contributed by atoms with Crippen LogP contribution >= 0.6 is 0 Å². The molecule has 112 valence electrons. The summed E-state index contributed by atoms with van der Waals surface area (Å²) in [6, 6.07) is 1.77. The van der Waals surface area contributed by atoms with Gasteiger partial charge in [0.15, 0.2) is 0 Å². The van der Waals surface area contributed by atoms with Gasteiger partial charge in [0.05, 0.1) is 18.3 Å². The predicted molar refractivity (Wildman–Crippen MR) is 76.0 cm³/mol. The van der Waals surface area contributed by atoms with Crippen molar-refractivity contribution in [1.82, 2.24) is 20.0 Å². The zero-order chi connectivity index (χ0) is 14.5. The van der Waals surface area contributed by atoms with E-state index in [-0.39, 0.29) is 18.1 Å². The van der Waals surface area contributed by atoms with Gasteiger partial charge in [0.1, 0.15) is 0 Å². The van der Waals surface area contributed by atoms with Crippen LogP contribution in [0.4, 0.5) is 4.79 Å². The lowest BCUT2D eigenvalue weighted by Gasteiger charge is -2.31. The van der Waals surface area contributed by atoms with E-state index < -0.39 is 0 Å². The van der Waals surface area contributed by atoms with Crippen LogP contribution in [0.3, 0.4) is 0 Å². The number of carbonyl (C=O) groups excluding carboxylic acids is 1. The summed E-state index contributed by atoms with van der Waals surface area (Å²) in [4.78, 5) is 13.7. The number of hydrogen-bond donors (Lipinski definition) is 2. The first-order valence-electron chi connectivity index (χ1n) is 7.22. The Hall–Kier alpha value is -1.56. The van der Waals surface area contributed by atoms with Crippen LogP contribution in [0.15, 0.2) is 12.3 Å². The standard InChI is InChI=1S/C14H24N4O2/c1-17(10-11-5-3-4-6-13(11)19)14(20)15-9-12-7-8-16-18(12)2/h7-8,11,13,19H,3-6,9-10H2,1-2H3,(H,15,20). The third-order valence-electron chi connectivity index (χ3n) is 4.07. The van der Waals surface area contributed by atoms with Gasteiger partial charge in [-0.25, -0.2) is 4.79 Å². The molecule has 1 heterocycles. The summed E-state index contributed by atoms with van der Waals surface area (Å²) in [5.41, 5.74) is 0.962. The van der Waals surface area contributed by atoms with Gasteiger partial charge in [-0.05, 0) is 18.9 Å². The molecule has 2 rings (SSSR count). The molecule has 6 heteroatoms. The van der Waals surface area contributed by atoms with E-state index in [4.69, 9.17) is 0 Å². The van der Waals surface area contributed by atoms with Crippen molar-refractivity contribution in [2.75, 3.05) is 13.6 Å². The second-order valence-electron chi connectivity index (χ2n) is 5.60. The number of urea groups is 1. The van der Waals surface area contributed by atoms with Crippen LogP contribution in [-0.2, 0) is 13.6 Å². The Morgan fingerprint density at radius 3 is 2.95 bits per heavy atom. The Kier molecular flexibility index (Phi) is 5.00. The summed E-state index contributed by atoms with van der Waals surface area (Å²) in [7, 11) is 3.63. The zero-order valence-corrected chi connectivity index (χ0v) is 12.2. The van der Waals surface area contributed by atoms with E-state index in [1.807, 2.05) is 13.1 Å². The van der Waals surface area contributed by atoms with E-state index in [0.717, 1.165) is 31.4 Å². The van der Waals surface area contributed by atoms with Crippen LogP contribution in [-0.4, -0.2) is 45.5 Å². The van der Waals surface area contributed by atoms with Crippen LogP contribution in [0.5, 0.6) is 0 Å². The van der Waals surface area contributed by atoms with Crippen LogP contribution in [0.25, 0.3) is 0 Å². The number of nitrogens with zero attached hydrogens (tertiary/aromatic N) is 3. The van der Waals surface area contributed by atoms with Crippen LogP contribution < -0.4 is 5.32 Å². The third-order valence-corrected chi connectivity index (χ3v) is 4.07. The smallest absolute Gasteiger partial charge is 0.317 e. The first kappa shape index (κ1) is 14.8. The normalized spacial score (nSPS) is 22.6. The summed E-state index contributed by atoms with van der Waals surface area (Å²) in [6.45, 7) is 1.07. The van der Waals surface area contributed by atoms with Crippen molar-refractivity contribution in [3.8, 4) is 0 Å². The number of aryl methyl sites for hydroxylation is 1. The number of aliphatic hydroxyl groups is 1. The highest BCUT2D eigenvalue weighted by Crippen LogP contribution is 2.24. The summed E-state index contributed by atoms with van der Waals surface area (Å²) in [5.74, 6) is 0.205. The summed E-state index contributed by atoms with van der Waals surface area (Å²) in [6.07, 6.45) is 5.54. The fourth-order valence-electron chi connectivity index (χ4n) is 2.71. The number of nitrogens with one attached hydrogen (secondary N) is 1. The van der Waals surface area contributed by atoms with Gasteiger partial charge in [-0.1, -0.05) is 12.8 Å². The third kappa shape index (κ3) is 3.72. The number of carbonyl (C=O) groups is 1. The maximum absolute atomic E-state index is 12.0. The van der Waals surface area contributed by atoms with Gasteiger partial charge in [0.2, 0.25) is 0 Å². The minimum atomic E-state index is -0.268. The highest BCUT2D eigenvalue weighted by Gasteiger charge is 2.25. The Morgan fingerprint density at radius 2 is 2.30 bits per heavy atom.